The van der Waals surface area contributed by atoms with Crippen LogP contribution in [-0.4, -0.2) is 42.8 Å². The van der Waals surface area contributed by atoms with Crippen molar-refractivity contribution in [2.75, 3.05) is 25.1 Å². The van der Waals surface area contributed by atoms with Gasteiger partial charge in [-0.1, -0.05) is 50.2 Å². The number of likely N-dealkylation sites (N-methyl/N-ethyl adjacent to an activating group) is 1. The Morgan fingerprint density at radius 3 is 2.53 bits per heavy atom. The lowest BCUT2D eigenvalue weighted by atomic mass is 9.83. The van der Waals surface area contributed by atoms with Crippen LogP contribution in [0.15, 0.2) is 60.3 Å². The van der Waals surface area contributed by atoms with E-state index in [9.17, 15) is 14.4 Å². The first-order valence-corrected chi connectivity index (χ1v) is 10.7. The highest BCUT2D eigenvalue weighted by Crippen LogP contribution is 2.46. The Labute approximate surface area is 186 Å². The van der Waals surface area contributed by atoms with Gasteiger partial charge in [0.1, 0.15) is 5.75 Å². The summed E-state index contributed by atoms with van der Waals surface area (Å²) in [5.41, 5.74) is 2.10. The van der Waals surface area contributed by atoms with Crippen molar-refractivity contribution in [1.29, 1.82) is 0 Å². The average Bonchev–Trinajstić information content (AvgIpc) is 3.12. The third-order valence-corrected chi connectivity index (χ3v) is 6.81. The van der Waals surface area contributed by atoms with Gasteiger partial charge in [0.2, 0.25) is 0 Å². The van der Waals surface area contributed by atoms with Crippen molar-refractivity contribution >= 4 is 23.4 Å². The Kier molecular flexibility index (Phi) is 4.41. The number of nitrogens with one attached hydrogen (secondary N) is 1. The Hall–Kier alpha value is -3.61. The highest BCUT2D eigenvalue weighted by Gasteiger charge is 2.55. The van der Waals surface area contributed by atoms with Crippen LogP contribution in [0.2, 0.25) is 0 Å². The average molecular weight is 431 g/mol. The van der Waals surface area contributed by atoms with Gasteiger partial charge < -0.3 is 15.0 Å². The van der Waals surface area contributed by atoms with Crippen LogP contribution in [0.4, 0.5) is 10.5 Å². The predicted octanol–water partition coefficient (Wildman–Crippen LogP) is 3.10. The van der Waals surface area contributed by atoms with Crippen molar-refractivity contribution in [3.05, 3.63) is 71.4 Å². The van der Waals surface area contributed by atoms with E-state index in [1.54, 1.807) is 18.2 Å². The molecule has 1 N–H and O–H groups in total. The zero-order valence-corrected chi connectivity index (χ0v) is 18.3. The minimum Gasteiger partial charge on any atom is -0.493 e. The molecule has 0 radical (unpaired) electrons. The summed E-state index contributed by atoms with van der Waals surface area (Å²) in [6.45, 7) is 4.14. The van der Waals surface area contributed by atoms with Gasteiger partial charge in [-0.3, -0.25) is 14.5 Å². The molecule has 0 aliphatic carbocycles. The van der Waals surface area contributed by atoms with Gasteiger partial charge in [-0.2, -0.15) is 0 Å². The fourth-order valence-electron chi connectivity index (χ4n) is 5.13. The first-order chi connectivity index (χ1) is 15.3. The molecule has 0 bridgehead atoms. The second kappa shape index (κ2) is 6.95. The molecule has 3 heterocycles. The third kappa shape index (κ3) is 2.77. The number of allylic oxidation sites excluding steroid dienone is 1. The number of carbonyl (C=O) groups is 3. The molecule has 0 unspecified atom stereocenters. The SMILES string of the molecule is CN1/C(=C\C(=O)CN2C(=O)N[C@@]3(CCOc4ccccc43)C2=O)C(C)(C)c2ccccc21. The standard InChI is InChI=1S/C25H25N3O4/c1-24(2)17-8-4-6-10-19(17)27(3)21(24)14-16(29)15-28-22(30)25(26-23(28)31)12-13-32-20-11-7-5-9-18(20)25/h4-11,14H,12-13,15H2,1-3H3,(H,26,31)/b21-14-/t25-/m1/s1. The Morgan fingerprint density at radius 1 is 1.09 bits per heavy atom. The number of nitrogens with zero attached hydrogens (tertiary/aromatic N) is 2. The van der Waals surface area contributed by atoms with Crippen LogP contribution in [0, 0.1) is 0 Å². The van der Waals surface area contributed by atoms with Crippen molar-refractivity contribution in [3.8, 4) is 5.75 Å². The highest BCUT2D eigenvalue weighted by molar-refractivity contribution is 6.11. The van der Waals surface area contributed by atoms with E-state index >= 15 is 0 Å². The van der Waals surface area contributed by atoms with Crippen molar-refractivity contribution in [2.45, 2.75) is 31.2 Å². The van der Waals surface area contributed by atoms with Gasteiger partial charge in [0.25, 0.3) is 5.91 Å². The number of carbonyl (C=O) groups excluding carboxylic acids is 3. The zero-order valence-electron chi connectivity index (χ0n) is 18.3. The van der Waals surface area contributed by atoms with Gasteiger partial charge in [-0.05, 0) is 17.7 Å². The number of hydrogen-bond acceptors (Lipinski definition) is 5. The lowest BCUT2D eigenvalue weighted by Crippen LogP contribution is -2.47. The van der Waals surface area contributed by atoms with E-state index in [0.29, 0.717) is 24.3 Å². The molecule has 3 aliphatic heterocycles. The van der Waals surface area contributed by atoms with Crippen molar-refractivity contribution in [3.63, 3.8) is 0 Å². The topological polar surface area (TPSA) is 79.0 Å². The molecule has 2 aromatic carbocycles. The van der Waals surface area contributed by atoms with Crippen LogP contribution in [-0.2, 0) is 20.5 Å². The van der Waals surface area contributed by atoms with E-state index in [1.165, 1.54) is 0 Å². The Bertz CT molecular complexity index is 1190. The Balaban J connectivity index is 1.42. The molecule has 3 amide bonds. The maximum absolute atomic E-state index is 13.4. The number of para-hydroxylation sites is 2. The summed E-state index contributed by atoms with van der Waals surface area (Å²) in [5.74, 6) is -0.129. The maximum Gasteiger partial charge on any atom is 0.325 e. The van der Waals surface area contributed by atoms with Gasteiger partial charge in [-0.25, -0.2) is 4.79 Å². The summed E-state index contributed by atoms with van der Waals surface area (Å²) in [6, 6.07) is 14.7. The minimum atomic E-state index is -1.18. The molecular formula is C25H25N3O4. The molecule has 1 fully saturated rings. The monoisotopic (exact) mass is 431 g/mol. The summed E-state index contributed by atoms with van der Waals surface area (Å²) in [4.78, 5) is 42.2. The quantitative estimate of drug-likeness (QED) is 0.597. The Morgan fingerprint density at radius 2 is 1.78 bits per heavy atom. The molecule has 5 rings (SSSR count). The summed E-state index contributed by atoms with van der Waals surface area (Å²) in [6.07, 6.45) is 1.88. The molecule has 7 nitrogen and oxygen atoms in total. The number of amides is 3. The van der Waals surface area contributed by atoms with Crippen molar-refractivity contribution in [2.24, 2.45) is 0 Å². The number of ether oxygens (including phenoxy) is 1. The second-order valence-corrected chi connectivity index (χ2v) is 9.02. The van der Waals surface area contributed by atoms with Crippen molar-refractivity contribution < 1.29 is 19.1 Å². The number of hydrogen-bond donors (Lipinski definition) is 1. The number of fused-ring (bicyclic) bond motifs is 3. The van der Waals surface area contributed by atoms with E-state index in [1.807, 2.05) is 42.3 Å². The fourth-order valence-corrected chi connectivity index (χ4v) is 5.13. The summed E-state index contributed by atoms with van der Waals surface area (Å²) in [7, 11) is 1.92. The van der Waals surface area contributed by atoms with E-state index in [-0.39, 0.29) is 17.7 Å². The van der Waals surface area contributed by atoms with E-state index in [0.717, 1.165) is 21.8 Å². The molecular weight excluding hydrogens is 406 g/mol. The fraction of sp³-hybridized carbons (Fsp3) is 0.320. The van der Waals surface area contributed by atoms with Crippen LogP contribution >= 0.6 is 0 Å². The molecule has 164 valence electrons. The molecule has 32 heavy (non-hydrogen) atoms. The summed E-state index contributed by atoms with van der Waals surface area (Å²) in [5, 5.41) is 2.84. The lowest BCUT2D eigenvalue weighted by Gasteiger charge is -2.33. The molecule has 0 aromatic heterocycles. The number of anilines is 1. The van der Waals surface area contributed by atoms with Crippen LogP contribution < -0.4 is 15.0 Å². The molecule has 2 aromatic rings. The predicted molar refractivity (Wildman–Crippen MR) is 119 cm³/mol. The minimum absolute atomic E-state index is 0.298. The number of imide groups is 1. The molecule has 7 heteroatoms. The largest absolute Gasteiger partial charge is 0.493 e. The van der Waals surface area contributed by atoms with E-state index in [2.05, 4.69) is 25.2 Å². The number of urea groups is 1. The molecule has 3 aliphatic rings. The zero-order chi connectivity index (χ0) is 22.7. The molecule has 0 saturated carbocycles. The highest BCUT2D eigenvalue weighted by atomic mass is 16.5. The molecule has 1 atom stereocenters. The van der Waals surface area contributed by atoms with Crippen LogP contribution in [0.1, 0.15) is 31.4 Å². The lowest BCUT2D eigenvalue weighted by molar-refractivity contribution is -0.134. The molecule has 1 spiro atoms. The number of rotatable bonds is 3. The van der Waals surface area contributed by atoms with Crippen LogP contribution in [0.3, 0.4) is 0 Å². The molecule has 1 saturated heterocycles. The van der Waals surface area contributed by atoms with Gasteiger partial charge >= 0.3 is 6.03 Å². The van der Waals surface area contributed by atoms with Gasteiger partial charge in [0, 0.05) is 41.9 Å². The van der Waals surface area contributed by atoms with E-state index < -0.39 is 17.5 Å². The van der Waals surface area contributed by atoms with Gasteiger partial charge in [-0.15, -0.1) is 0 Å². The van der Waals surface area contributed by atoms with Crippen LogP contribution in [0.25, 0.3) is 0 Å². The third-order valence-electron chi connectivity index (χ3n) is 6.81. The van der Waals surface area contributed by atoms with E-state index in [4.69, 9.17) is 4.74 Å². The van der Waals surface area contributed by atoms with Gasteiger partial charge in [0.05, 0.1) is 13.2 Å². The normalized spacial score (nSPS) is 24.4. The smallest absolute Gasteiger partial charge is 0.325 e. The maximum atomic E-state index is 13.4. The first kappa shape index (κ1) is 20.3. The van der Waals surface area contributed by atoms with Crippen molar-refractivity contribution in [1.82, 2.24) is 10.2 Å². The summed E-state index contributed by atoms with van der Waals surface area (Å²) >= 11 is 0. The van der Waals surface area contributed by atoms with Gasteiger partial charge in [0.15, 0.2) is 11.3 Å². The number of ketones is 1. The summed E-state index contributed by atoms with van der Waals surface area (Å²) < 4.78 is 5.66. The first-order valence-electron chi connectivity index (χ1n) is 10.7. The van der Waals surface area contributed by atoms with Crippen LogP contribution in [0.5, 0.6) is 5.75 Å². The number of benzene rings is 2. The second-order valence-electron chi connectivity index (χ2n) is 9.02.